The predicted molar refractivity (Wildman–Crippen MR) is 111 cm³/mol. The number of amides is 2. The Hall–Kier alpha value is -3.52. The Morgan fingerprint density at radius 2 is 1.93 bits per heavy atom. The lowest BCUT2D eigenvalue weighted by atomic mass is 10.0. The standard InChI is InChI=1S/C20H18ClFN6O/c1-11(12-2-4-14(21)5-3-12)27-20(29)28-18-9-16(23)15(10-26-18)19(24)13-6-7-25-17(22)8-13/h2-11,24H,1H3,(H4,23,26,27,28,29). The molecule has 1 atom stereocenters. The highest BCUT2D eigenvalue weighted by Crippen LogP contribution is 2.20. The minimum absolute atomic E-state index is 0.00339. The average Bonchev–Trinajstić information content (AvgIpc) is 2.68. The van der Waals surface area contributed by atoms with E-state index in [2.05, 4.69) is 20.6 Å². The van der Waals surface area contributed by atoms with Gasteiger partial charge in [-0.1, -0.05) is 23.7 Å². The number of hydrogen-bond donors (Lipinski definition) is 4. The molecule has 2 amide bonds. The van der Waals surface area contributed by atoms with E-state index in [9.17, 15) is 9.18 Å². The lowest BCUT2D eigenvalue weighted by Gasteiger charge is -2.15. The van der Waals surface area contributed by atoms with Gasteiger partial charge in [0.25, 0.3) is 0 Å². The molecule has 9 heteroatoms. The number of benzene rings is 1. The van der Waals surface area contributed by atoms with Gasteiger partial charge in [0.1, 0.15) is 5.82 Å². The number of halogens is 2. The van der Waals surface area contributed by atoms with E-state index in [1.165, 1.54) is 24.5 Å². The number of carbonyl (C=O) groups is 1. The number of pyridine rings is 2. The largest absolute Gasteiger partial charge is 0.398 e. The van der Waals surface area contributed by atoms with Gasteiger partial charge in [0, 0.05) is 46.4 Å². The maximum absolute atomic E-state index is 13.3. The summed E-state index contributed by atoms with van der Waals surface area (Å²) >= 11 is 5.87. The van der Waals surface area contributed by atoms with Gasteiger partial charge in [-0.15, -0.1) is 0 Å². The fourth-order valence-corrected chi connectivity index (χ4v) is 2.77. The van der Waals surface area contributed by atoms with Crippen molar-refractivity contribution in [3.05, 3.63) is 82.5 Å². The molecule has 0 spiro atoms. The number of nitrogens with zero attached hydrogens (tertiary/aromatic N) is 2. The topological polar surface area (TPSA) is 117 Å². The van der Waals surface area contributed by atoms with Crippen LogP contribution < -0.4 is 16.4 Å². The van der Waals surface area contributed by atoms with Crippen LogP contribution in [0.3, 0.4) is 0 Å². The zero-order chi connectivity index (χ0) is 21.0. The van der Waals surface area contributed by atoms with Crippen LogP contribution in [0.1, 0.15) is 29.7 Å². The van der Waals surface area contributed by atoms with E-state index >= 15 is 0 Å². The fraction of sp³-hybridized carbons (Fsp3) is 0.100. The number of hydrogen-bond acceptors (Lipinski definition) is 5. The van der Waals surface area contributed by atoms with E-state index in [1.807, 2.05) is 19.1 Å². The highest BCUT2D eigenvalue weighted by molar-refractivity contribution is 6.30. The van der Waals surface area contributed by atoms with E-state index in [-0.39, 0.29) is 23.3 Å². The summed E-state index contributed by atoms with van der Waals surface area (Å²) in [7, 11) is 0. The molecule has 148 valence electrons. The molecule has 1 unspecified atom stereocenters. The number of anilines is 2. The smallest absolute Gasteiger partial charge is 0.320 e. The Morgan fingerprint density at radius 1 is 1.21 bits per heavy atom. The molecule has 0 bridgehead atoms. The summed E-state index contributed by atoms with van der Waals surface area (Å²) in [6, 6.07) is 10.5. The molecule has 1 aromatic carbocycles. The maximum Gasteiger partial charge on any atom is 0.320 e. The third-order valence-electron chi connectivity index (χ3n) is 4.18. The molecular weight excluding hydrogens is 395 g/mol. The van der Waals surface area contributed by atoms with Crippen molar-refractivity contribution >= 4 is 34.8 Å². The summed E-state index contributed by atoms with van der Waals surface area (Å²) in [4.78, 5) is 19.8. The summed E-state index contributed by atoms with van der Waals surface area (Å²) in [5.74, 6) is -0.468. The molecule has 3 rings (SSSR count). The van der Waals surface area contributed by atoms with E-state index in [0.717, 1.165) is 11.6 Å². The van der Waals surface area contributed by atoms with Crippen molar-refractivity contribution in [3.8, 4) is 0 Å². The van der Waals surface area contributed by atoms with Gasteiger partial charge in [-0.25, -0.2) is 14.8 Å². The monoisotopic (exact) mass is 412 g/mol. The van der Waals surface area contributed by atoms with Crippen LogP contribution in [-0.4, -0.2) is 21.7 Å². The Morgan fingerprint density at radius 3 is 2.59 bits per heavy atom. The summed E-state index contributed by atoms with van der Waals surface area (Å²) in [6.45, 7) is 1.84. The molecule has 0 aliphatic carbocycles. The van der Waals surface area contributed by atoms with Gasteiger partial charge in [0.2, 0.25) is 5.95 Å². The van der Waals surface area contributed by atoms with E-state index in [0.29, 0.717) is 16.1 Å². The van der Waals surface area contributed by atoms with Gasteiger partial charge < -0.3 is 11.1 Å². The quantitative estimate of drug-likeness (QED) is 0.372. The second kappa shape index (κ2) is 8.66. The number of carbonyl (C=O) groups excluding carboxylic acids is 1. The number of nitrogens with one attached hydrogen (secondary N) is 3. The zero-order valence-electron chi connectivity index (χ0n) is 15.4. The summed E-state index contributed by atoms with van der Waals surface area (Å²) in [5.41, 5.74) is 7.76. The fourth-order valence-electron chi connectivity index (χ4n) is 2.65. The van der Waals surface area contributed by atoms with Crippen molar-refractivity contribution in [2.45, 2.75) is 13.0 Å². The summed E-state index contributed by atoms with van der Waals surface area (Å²) < 4.78 is 13.3. The first-order valence-electron chi connectivity index (χ1n) is 8.63. The number of aromatic nitrogens is 2. The van der Waals surface area contributed by atoms with Crippen LogP contribution in [0.5, 0.6) is 0 Å². The van der Waals surface area contributed by atoms with E-state index in [4.69, 9.17) is 22.7 Å². The molecule has 2 aromatic heterocycles. The molecule has 7 nitrogen and oxygen atoms in total. The van der Waals surface area contributed by atoms with Crippen LogP contribution in [0.25, 0.3) is 0 Å². The molecule has 0 saturated heterocycles. The highest BCUT2D eigenvalue weighted by atomic mass is 35.5. The lowest BCUT2D eigenvalue weighted by molar-refractivity contribution is 0.249. The molecule has 0 saturated carbocycles. The van der Waals surface area contributed by atoms with Crippen molar-refractivity contribution in [1.82, 2.24) is 15.3 Å². The number of rotatable bonds is 5. The van der Waals surface area contributed by atoms with Crippen molar-refractivity contribution in [3.63, 3.8) is 0 Å². The Kier molecular flexibility index (Phi) is 6.04. The van der Waals surface area contributed by atoms with Gasteiger partial charge in [-0.3, -0.25) is 10.7 Å². The molecule has 3 aromatic rings. The average molecular weight is 413 g/mol. The van der Waals surface area contributed by atoms with Gasteiger partial charge in [0.05, 0.1) is 11.8 Å². The summed E-state index contributed by atoms with van der Waals surface area (Å²) in [5, 5.41) is 14.2. The zero-order valence-corrected chi connectivity index (χ0v) is 16.2. The van der Waals surface area contributed by atoms with Crippen LogP contribution in [-0.2, 0) is 0 Å². The molecule has 0 aliphatic rings. The van der Waals surface area contributed by atoms with E-state index < -0.39 is 12.0 Å². The Balaban J connectivity index is 1.67. The second-order valence-electron chi connectivity index (χ2n) is 6.27. The molecule has 0 aliphatic heterocycles. The Labute approximate surface area is 171 Å². The van der Waals surface area contributed by atoms with Gasteiger partial charge in [0.15, 0.2) is 0 Å². The minimum Gasteiger partial charge on any atom is -0.398 e. The van der Waals surface area contributed by atoms with Crippen LogP contribution in [0, 0.1) is 11.4 Å². The second-order valence-corrected chi connectivity index (χ2v) is 6.71. The van der Waals surface area contributed by atoms with Crippen LogP contribution in [0.2, 0.25) is 5.02 Å². The third kappa shape index (κ3) is 5.05. The molecule has 5 N–H and O–H groups in total. The Bertz CT molecular complexity index is 1060. The molecule has 2 heterocycles. The predicted octanol–water partition coefficient (Wildman–Crippen LogP) is 4.15. The van der Waals surface area contributed by atoms with Crippen LogP contribution in [0.15, 0.2) is 54.9 Å². The van der Waals surface area contributed by atoms with Gasteiger partial charge in [-0.05, 0) is 30.7 Å². The third-order valence-corrected chi connectivity index (χ3v) is 4.43. The SMILES string of the molecule is CC(NC(=O)Nc1cc(N)c(C(=N)c2ccnc(F)c2)cn1)c1ccc(Cl)cc1. The van der Waals surface area contributed by atoms with Crippen molar-refractivity contribution in [2.75, 3.05) is 11.1 Å². The first-order valence-corrected chi connectivity index (χ1v) is 9.00. The molecule has 29 heavy (non-hydrogen) atoms. The molecule has 0 radical (unpaired) electrons. The van der Waals surface area contributed by atoms with Crippen molar-refractivity contribution in [2.24, 2.45) is 0 Å². The first-order chi connectivity index (χ1) is 13.8. The normalized spacial score (nSPS) is 11.6. The van der Waals surface area contributed by atoms with Crippen LogP contribution in [0.4, 0.5) is 20.7 Å². The number of nitrogens with two attached hydrogens (primary N) is 1. The lowest BCUT2D eigenvalue weighted by Crippen LogP contribution is -2.31. The first kappa shape index (κ1) is 20.2. The highest BCUT2D eigenvalue weighted by Gasteiger charge is 2.14. The number of nitrogen functional groups attached to an aromatic ring is 1. The van der Waals surface area contributed by atoms with Gasteiger partial charge >= 0.3 is 6.03 Å². The van der Waals surface area contributed by atoms with Crippen molar-refractivity contribution in [1.29, 1.82) is 5.41 Å². The number of urea groups is 1. The summed E-state index contributed by atoms with van der Waals surface area (Å²) in [6.07, 6.45) is 2.62. The minimum atomic E-state index is -0.691. The van der Waals surface area contributed by atoms with Gasteiger partial charge in [-0.2, -0.15) is 4.39 Å². The van der Waals surface area contributed by atoms with Crippen LogP contribution >= 0.6 is 11.6 Å². The molecular formula is C20H18ClFN6O. The van der Waals surface area contributed by atoms with Crippen molar-refractivity contribution < 1.29 is 9.18 Å². The van der Waals surface area contributed by atoms with E-state index in [1.54, 1.807) is 12.1 Å². The molecule has 0 fully saturated rings. The maximum atomic E-state index is 13.3.